The lowest BCUT2D eigenvalue weighted by molar-refractivity contribution is -0.000941. The van der Waals surface area contributed by atoms with E-state index in [0.29, 0.717) is 37.2 Å². The fourth-order valence-corrected chi connectivity index (χ4v) is 11.3. The molecule has 4 heterocycles. The summed E-state index contributed by atoms with van der Waals surface area (Å²) in [5.41, 5.74) is 1.70. The number of rotatable bonds is 13. The van der Waals surface area contributed by atoms with Crippen LogP contribution >= 0.6 is 0 Å². The van der Waals surface area contributed by atoms with Crippen LogP contribution in [-0.2, 0) is 9.84 Å². The van der Waals surface area contributed by atoms with Gasteiger partial charge in [-0.1, -0.05) is 18.6 Å². The van der Waals surface area contributed by atoms with Crippen LogP contribution in [0.25, 0.3) is 0 Å². The van der Waals surface area contributed by atoms with Crippen molar-refractivity contribution in [1.82, 2.24) is 20.0 Å². The molecule has 4 saturated heterocycles. The van der Waals surface area contributed by atoms with Gasteiger partial charge in [0.25, 0.3) is 0 Å². The van der Waals surface area contributed by atoms with E-state index in [1.165, 1.54) is 18.2 Å². The summed E-state index contributed by atoms with van der Waals surface area (Å²) in [6.07, 6.45) is 4.98. The number of hydrogen-bond acceptors (Lipinski definition) is 8. The van der Waals surface area contributed by atoms with E-state index in [-0.39, 0.29) is 41.2 Å². The van der Waals surface area contributed by atoms with Gasteiger partial charge in [-0.15, -0.1) is 0 Å². The van der Waals surface area contributed by atoms with Gasteiger partial charge in [-0.25, -0.2) is 22.0 Å². The molecule has 0 spiro atoms. The van der Waals surface area contributed by atoms with Crippen LogP contribution in [0.15, 0.2) is 47.4 Å². The first kappa shape index (κ1) is 35.6. The van der Waals surface area contributed by atoms with Crippen molar-refractivity contribution < 1.29 is 32.2 Å². The summed E-state index contributed by atoms with van der Waals surface area (Å²) in [7, 11) is -3.77. The molecule has 1 aliphatic carbocycles. The lowest BCUT2D eigenvalue weighted by Gasteiger charge is -2.50. The maximum atomic E-state index is 15.1. The Bertz CT molecular complexity index is 1610. The maximum absolute atomic E-state index is 15.1. The fraction of sp³-hybridized carbons (Fsp3) is 0.649. The number of sulfone groups is 1. The molecule has 1 amide bonds. The molecular formula is C37H51F2N5O5S. The highest BCUT2D eigenvalue weighted by molar-refractivity contribution is 7.92. The molecule has 2 aromatic carbocycles. The lowest BCUT2D eigenvalue weighted by Crippen LogP contribution is -2.55. The number of nitrogens with zero attached hydrogens (tertiary/aromatic N) is 4. The fourth-order valence-electron chi connectivity index (χ4n) is 9.54. The van der Waals surface area contributed by atoms with Gasteiger partial charge in [-0.05, 0) is 112 Å². The molecule has 2 aromatic rings. The maximum Gasteiger partial charge on any atom is 0.404 e. The summed E-state index contributed by atoms with van der Waals surface area (Å²) in [4.78, 5) is 20.5. The molecule has 4 aliphatic heterocycles. The Morgan fingerprint density at radius 1 is 0.920 bits per heavy atom. The first-order valence-corrected chi connectivity index (χ1v) is 20.0. The molecule has 0 radical (unpaired) electrons. The molecule has 10 nitrogen and oxygen atoms in total. The molecule has 5 fully saturated rings. The highest BCUT2D eigenvalue weighted by Crippen LogP contribution is 2.49. The molecule has 0 aromatic heterocycles. The van der Waals surface area contributed by atoms with Gasteiger partial charge in [0.1, 0.15) is 16.5 Å². The monoisotopic (exact) mass is 715 g/mol. The minimum Gasteiger partial charge on any atom is -0.465 e. The number of halogens is 2. The number of piperidine rings is 1. The molecule has 50 heavy (non-hydrogen) atoms. The number of carbonyl (C=O) groups is 1. The molecule has 3 N–H and O–H groups in total. The predicted octanol–water partition coefficient (Wildman–Crippen LogP) is 4.06. The summed E-state index contributed by atoms with van der Waals surface area (Å²) >= 11 is 0. The van der Waals surface area contributed by atoms with Crippen molar-refractivity contribution >= 4 is 21.6 Å². The van der Waals surface area contributed by atoms with Crippen LogP contribution in [0, 0.1) is 35.3 Å². The number of carboxylic acid groups (broad SMARTS) is 1. The number of β-amino-alcohol motifs (C(OH)–C–C–N with tert-alkyl or cyclic N) is 1. The highest BCUT2D eigenvalue weighted by Gasteiger charge is 2.47. The summed E-state index contributed by atoms with van der Waals surface area (Å²) in [6, 6.07) is 11.5. The summed E-state index contributed by atoms with van der Waals surface area (Å²) in [5, 5.41) is 20.9. The third-order valence-corrected chi connectivity index (χ3v) is 14.3. The zero-order valence-corrected chi connectivity index (χ0v) is 29.5. The van der Waals surface area contributed by atoms with E-state index in [4.69, 9.17) is 5.11 Å². The van der Waals surface area contributed by atoms with E-state index in [1.807, 2.05) is 11.0 Å². The molecule has 4 atom stereocenters. The van der Waals surface area contributed by atoms with Crippen LogP contribution in [0.2, 0.25) is 0 Å². The van der Waals surface area contributed by atoms with Crippen molar-refractivity contribution in [3.8, 4) is 0 Å². The first-order chi connectivity index (χ1) is 24.1. The SMILES string of the molecule is O=C(O)N[C@H]1CCC[C@@H]1[C@H](C1CCN(CC2CN(c3ccc(S(=O)(=O)C4CN(CCO)C4)c(F)c3)C2)CC1)[C@@H](c1cccc(F)c1)N1CCC1. The predicted molar refractivity (Wildman–Crippen MR) is 187 cm³/mol. The Balaban J connectivity index is 0.968. The third kappa shape index (κ3) is 7.39. The van der Waals surface area contributed by atoms with Crippen LogP contribution in [0.3, 0.4) is 0 Å². The zero-order chi connectivity index (χ0) is 35.0. The summed E-state index contributed by atoms with van der Waals surface area (Å²) in [5.74, 6) is 0.319. The smallest absolute Gasteiger partial charge is 0.404 e. The van der Waals surface area contributed by atoms with Crippen LogP contribution < -0.4 is 10.2 Å². The van der Waals surface area contributed by atoms with Crippen LogP contribution in [-0.4, -0.2) is 123 Å². The van der Waals surface area contributed by atoms with Gasteiger partial charge in [-0.2, -0.15) is 0 Å². The van der Waals surface area contributed by atoms with E-state index in [1.54, 1.807) is 18.2 Å². The number of nitrogens with one attached hydrogen (secondary N) is 1. The number of hydrogen-bond donors (Lipinski definition) is 3. The summed E-state index contributed by atoms with van der Waals surface area (Å²) < 4.78 is 55.7. The number of benzene rings is 2. The standard InChI is InChI=1S/C37H51F2N5O5S/c38-28-5-1-4-27(18-28)36(43-12-3-13-43)35(31-6-2-7-33(31)40-37(46)47)26-10-14-41(15-11-26)20-25-21-44(22-25)29-8-9-34(32(39)19-29)50(48,49)30-23-42(24-30)16-17-45/h1,4-5,8-9,18-19,25-26,30-31,33,35-36,40,45H,2-3,6-7,10-17,20-24H2,(H,46,47)/t31-,33-,35-,36+/m0/s1. The minimum atomic E-state index is -3.77. The molecule has 274 valence electrons. The van der Waals surface area contributed by atoms with E-state index in [2.05, 4.69) is 20.0 Å². The Kier molecular flexibility index (Phi) is 10.7. The van der Waals surface area contributed by atoms with E-state index < -0.39 is 27.0 Å². The quantitative estimate of drug-likeness (QED) is 0.283. The van der Waals surface area contributed by atoms with Crippen molar-refractivity contribution in [3.63, 3.8) is 0 Å². The third-order valence-electron chi connectivity index (χ3n) is 12.2. The van der Waals surface area contributed by atoms with Gasteiger partial charge < -0.3 is 25.3 Å². The number of aliphatic hydroxyl groups excluding tert-OH is 1. The second-order valence-electron chi connectivity index (χ2n) is 15.3. The summed E-state index contributed by atoms with van der Waals surface area (Å²) in [6.45, 7) is 7.39. The number of amides is 1. The normalized spacial score (nSPS) is 25.9. The van der Waals surface area contributed by atoms with Gasteiger partial charge in [0.15, 0.2) is 9.84 Å². The molecule has 5 aliphatic rings. The topological polar surface area (TPSA) is 117 Å². The number of likely N-dealkylation sites (tertiary alicyclic amines) is 3. The lowest BCUT2D eigenvalue weighted by atomic mass is 9.68. The largest absolute Gasteiger partial charge is 0.465 e. The van der Waals surface area contributed by atoms with Crippen LogP contribution in [0.1, 0.15) is 50.1 Å². The number of anilines is 1. The molecule has 1 saturated carbocycles. The zero-order valence-electron chi connectivity index (χ0n) is 28.7. The van der Waals surface area contributed by atoms with E-state index >= 15 is 4.39 Å². The van der Waals surface area contributed by atoms with Crippen molar-refractivity contribution in [2.75, 3.05) is 77.0 Å². The van der Waals surface area contributed by atoms with Crippen molar-refractivity contribution in [2.45, 2.75) is 60.8 Å². The average molecular weight is 716 g/mol. The van der Waals surface area contributed by atoms with Gasteiger partial charge in [0.2, 0.25) is 0 Å². The molecule has 0 unspecified atom stereocenters. The van der Waals surface area contributed by atoms with Crippen molar-refractivity contribution in [1.29, 1.82) is 0 Å². The average Bonchev–Trinajstić information content (AvgIpc) is 3.46. The Morgan fingerprint density at radius 2 is 1.68 bits per heavy atom. The van der Waals surface area contributed by atoms with Crippen LogP contribution in [0.4, 0.5) is 19.3 Å². The van der Waals surface area contributed by atoms with Crippen LogP contribution in [0.5, 0.6) is 0 Å². The second kappa shape index (κ2) is 15.0. The van der Waals surface area contributed by atoms with Gasteiger partial charge in [-0.3, -0.25) is 9.80 Å². The van der Waals surface area contributed by atoms with Gasteiger partial charge in [0, 0.05) is 63.0 Å². The molecule has 7 rings (SSSR count). The molecular weight excluding hydrogens is 664 g/mol. The molecule has 0 bridgehead atoms. The van der Waals surface area contributed by atoms with Crippen molar-refractivity contribution in [3.05, 3.63) is 59.7 Å². The second-order valence-corrected chi connectivity index (χ2v) is 17.5. The van der Waals surface area contributed by atoms with Crippen molar-refractivity contribution in [2.24, 2.45) is 23.7 Å². The van der Waals surface area contributed by atoms with E-state index in [0.717, 1.165) is 89.9 Å². The Morgan fingerprint density at radius 3 is 2.32 bits per heavy atom. The Hall–Kier alpha value is -2.84. The number of aliphatic hydroxyl groups is 1. The highest BCUT2D eigenvalue weighted by atomic mass is 32.2. The van der Waals surface area contributed by atoms with Gasteiger partial charge >= 0.3 is 6.09 Å². The molecule has 13 heteroatoms. The first-order valence-electron chi connectivity index (χ1n) is 18.4. The van der Waals surface area contributed by atoms with Gasteiger partial charge in [0.05, 0.1) is 11.9 Å². The Labute approximate surface area is 294 Å². The van der Waals surface area contributed by atoms with E-state index in [9.17, 15) is 22.7 Å². The minimum absolute atomic E-state index is 0.0302.